The zero-order valence-electron chi connectivity index (χ0n) is 13.3. The van der Waals surface area contributed by atoms with E-state index < -0.39 is 5.60 Å². The molecule has 1 aliphatic heterocycles. The van der Waals surface area contributed by atoms with Gasteiger partial charge in [0.05, 0.1) is 5.60 Å². The van der Waals surface area contributed by atoms with Crippen LogP contribution in [0.4, 0.5) is 0 Å². The molecule has 3 heteroatoms. The first-order valence-corrected chi connectivity index (χ1v) is 8.00. The fourth-order valence-electron chi connectivity index (χ4n) is 3.75. The fourth-order valence-corrected chi connectivity index (χ4v) is 3.75. The molecule has 2 aromatic rings. The lowest BCUT2D eigenvalue weighted by Crippen LogP contribution is -2.54. The van der Waals surface area contributed by atoms with Crippen LogP contribution in [-0.4, -0.2) is 28.1 Å². The molecule has 2 heterocycles. The van der Waals surface area contributed by atoms with Crippen molar-refractivity contribution in [3.05, 3.63) is 66.0 Å². The summed E-state index contributed by atoms with van der Waals surface area (Å²) in [4.78, 5) is 6.63. The molecule has 3 nitrogen and oxygen atoms in total. The summed E-state index contributed by atoms with van der Waals surface area (Å²) < 4.78 is 0. The Hall–Kier alpha value is -1.71. The summed E-state index contributed by atoms with van der Waals surface area (Å²) in [6.07, 6.45) is 3.56. The standard InChI is InChI=1S/C19H24N2O/c1-15-12-21(14-17-7-4-3-5-8-17)13-16(2)19(15,22)18-9-6-10-20-11-18/h3-11,15-16,22H,12-14H2,1-2H3/t15-,16+,19?. The smallest absolute Gasteiger partial charge is 0.0986 e. The van der Waals surface area contributed by atoms with Gasteiger partial charge in [-0.25, -0.2) is 0 Å². The highest BCUT2D eigenvalue weighted by atomic mass is 16.3. The topological polar surface area (TPSA) is 36.4 Å². The molecule has 1 saturated heterocycles. The summed E-state index contributed by atoms with van der Waals surface area (Å²) >= 11 is 0. The number of rotatable bonds is 3. The first-order chi connectivity index (χ1) is 10.6. The number of hydrogen-bond acceptors (Lipinski definition) is 3. The van der Waals surface area contributed by atoms with Crippen LogP contribution in [0.25, 0.3) is 0 Å². The largest absolute Gasteiger partial charge is 0.384 e. The summed E-state index contributed by atoms with van der Waals surface area (Å²) in [6.45, 7) is 7.01. The van der Waals surface area contributed by atoms with Gasteiger partial charge in [-0.15, -0.1) is 0 Å². The zero-order chi connectivity index (χ0) is 15.6. The van der Waals surface area contributed by atoms with Gasteiger partial charge in [0.15, 0.2) is 0 Å². The van der Waals surface area contributed by atoms with Gasteiger partial charge < -0.3 is 5.11 Å². The van der Waals surface area contributed by atoms with Crippen molar-refractivity contribution in [3.8, 4) is 0 Å². The minimum Gasteiger partial charge on any atom is -0.384 e. The van der Waals surface area contributed by atoms with Gasteiger partial charge in [-0.05, 0) is 11.6 Å². The summed E-state index contributed by atoms with van der Waals surface area (Å²) in [7, 11) is 0. The average Bonchev–Trinajstić information content (AvgIpc) is 2.54. The molecule has 0 bridgehead atoms. The summed E-state index contributed by atoms with van der Waals surface area (Å²) in [5.41, 5.74) is 1.48. The summed E-state index contributed by atoms with van der Waals surface area (Å²) in [5, 5.41) is 11.3. The van der Waals surface area contributed by atoms with Crippen LogP contribution >= 0.6 is 0 Å². The molecule has 116 valence electrons. The first kappa shape index (κ1) is 15.2. The maximum atomic E-state index is 11.3. The van der Waals surface area contributed by atoms with Gasteiger partial charge in [0.2, 0.25) is 0 Å². The predicted octanol–water partition coefficient (Wildman–Crippen LogP) is 3.06. The van der Waals surface area contributed by atoms with Gasteiger partial charge >= 0.3 is 0 Å². The zero-order valence-corrected chi connectivity index (χ0v) is 13.3. The minimum atomic E-state index is -0.790. The number of pyridine rings is 1. The lowest BCUT2D eigenvalue weighted by atomic mass is 9.71. The molecule has 0 saturated carbocycles. The van der Waals surface area contributed by atoms with Crippen LogP contribution in [0.1, 0.15) is 25.0 Å². The van der Waals surface area contributed by atoms with Crippen molar-refractivity contribution in [2.24, 2.45) is 11.8 Å². The quantitative estimate of drug-likeness (QED) is 0.945. The highest BCUT2D eigenvalue weighted by Gasteiger charge is 2.45. The number of likely N-dealkylation sites (tertiary alicyclic amines) is 1. The van der Waals surface area contributed by atoms with E-state index in [4.69, 9.17) is 0 Å². The number of piperidine rings is 1. The predicted molar refractivity (Wildman–Crippen MR) is 88.2 cm³/mol. The van der Waals surface area contributed by atoms with E-state index in [1.54, 1.807) is 12.4 Å². The molecule has 22 heavy (non-hydrogen) atoms. The Morgan fingerprint density at radius 1 is 1.09 bits per heavy atom. The van der Waals surface area contributed by atoms with Crippen LogP contribution in [0.2, 0.25) is 0 Å². The van der Waals surface area contributed by atoms with Gasteiger partial charge in [-0.1, -0.05) is 50.2 Å². The molecule has 0 aliphatic carbocycles. The van der Waals surface area contributed by atoms with E-state index in [1.807, 2.05) is 18.2 Å². The molecule has 0 amide bonds. The van der Waals surface area contributed by atoms with Crippen LogP contribution in [0, 0.1) is 11.8 Å². The van der Waals surface area contributed by atoms with Gasteiger partial charge in [0, 0.05) is 49.4 Å². The second-order valence-corrected chi connectivity index (χ2v) is 6.55. The maximum Gasteiger partial charge on any atom is 0.0986 e. The van der Waals surface area contributed by atoms with Crippen molar-refractivity contribution in [1.29, 1.82) is 0 Å². The summed E-state index contributed by atoms with van der Waals surface area (Å²) in [6, 6.07) is 14.4. The van der Waals surface area contributed by atoms with Crippen LogP contribution in [0.15, 0.2) is 54.9 Å². The monoisotopic (exact) mass is 296 g/mol. The van der Waals surface area contributed by atoms with E-state index in [2.05, 4.69) is 48.0 Å². The third kappa shape index (κ3) is 2.79. The van der Waals surface area contributed by atoms with Crippen molar-refractivity contribution in [2.75, 3.05) is 13.1 Å². The number of benzene rings is 1. The van der Waals surface area contributed by atoms with Gasteiger partial charge in [0.1, 0.15) is 0 Å². The molecule has 1 aliphatic rings. The van der Waals surface area contributed by atoms with Crippen LogP contribution < -0.4 is 0 Å². The van der Waals surface area contributed by atoms with E-state index in [0.29, 0.717) is 0 Å². The number of nitrogens with zero attached hydrogens (tertiary/aromatic N) is 2. The second kappa shape index (κ2) is 6.19. The van der Waals surface area contributed by atoms with Crippen molar-refractivity contribution in [3.63, 3.8) is 0 Å². The molecule has 3 atom stereocenters. The van der Waals surface area contributed by atoms with Gasteiger partial charge in [-0.2, -0.15) is 0 Å². The molecule has 1 aromatic carbocycles. The Balaban J connectivity index is 1.77. The number of aromatic nitrogens is 1. The highest BCUT2D eigenvalue weighted by molar-refractivity contribution is 5.22. The molecular weight excluding hydrogens is 272 g/mol. The molecule has 0 spiro atoms. The van der Waals surface area contributed by atoms with E-state index in [0.717, 1.165) is 25.2 Å². The van der Waals surface area contributed by atoms with E-state index in [1.165, 1.54) is 5.56 Å². The first-order valence-electron chi connectivity index (χ1n) is 8.00. The Morgan fingerprint density at radius 2 is 1.77 bits per heavy atom. The normalized spacial score (nSPS) is 29.4. The van der Waals surface area contributed by atoms with Crippen LogP contribution in [0.5, 0.6) is 0 Å². The number of aliphatic hydroxyl groups is 1. The SMILES string of the molecule is C[C@@H]1CN(Cc2ccccc2)C[C@H](C)C1(O)c1cccnc1. The minimum absolute atomic E-state index is 0.171. The molecule has 1 fully saturated rings. The lowest BCUT2D eigenvalue weighted by Gasteiger charge is -2.48. The van der Waals surface area contributed by atoms with Crippen molar-refractivity contribution in [2.45, 2.75) is 26.0 Å². The molecule has 1 aromatic heterocycles. The fraction of sp³-hybridized carbons (Fsp3) is 0.421. The van der Waals surface area contributed by atoms with Crippen molar-refractivity contribution >= 4 is 0 Å². The highest BCUT2D eigenvalue weighted by Crippen LogP contribution is 2.41. The van der Waals surface area contributed by atoms with Gasteiger partial charge in [0.25, 0.3) is 0 Å². The van der Waals surface area contributed by atoms with Crippen molar-refractivity contribution < 1.29 is 5.11 Å². The Kier molecular flexibility index (Phi) is 4.27. The Bertz CT molecular complexity index is 587. The van der Waals surface area contributed by atoms with Gasteiger partial charge in [-0.3, -0.25) is 9.88 Å². The second-order valence-electron chi connectivity index (χ2n) is 6.55. The molecule has 0 radical (unpaired) electrons. The van der Waals surface area contributed by atoms with Crippen molar-refractivity contribution in [1.82, 2.24) is 9.88 Å². The van der Waals surface area contributed by atoms with E-state index in [9.17, 15) is 5.11 Å². The Morgan fingerprint density at radius 3 is 2.36 bits per heavy atom. The summed E-state index contributed by atoms with van der Waals surface area (Å²) in [5.74, 6) is 0.341. The molecular formula is C19H24N2O. The van der Waals surface area contributed by atoms with E-state index >= 15 is 0 Å². The average molecular weight is 296 g/mol. The third-order valence-corrected chi connectivity index (χ3v) is 4.94. The molecule has 1 N–H and O–H groups in total. The third-order valence-electron chi connectivity index (χ3n) is 4.94. The van der Waals surface area contributed by atoms with Crippen LogP contribution in [0.3, 0.4) is 0 Å². The molecule has 1 unspecified atom stereocenters. The molecule has 3 rings (SSSR count). The Labute approximate surface area is 132 Å². The van der Waals surface area contributed by atoms with E-state index in [-0.39, 0.29) is 11.8 Å². The van der Waals surface area contributed by atoms with Crippen LogP contribution in [-0.2, 0) is 12.1 Å². The number of hydrogen-bond donors (Lipinski definition) is 1. The maximum absolute atomic E-state index is 11.3. The lowest BCUT2D eigenvalue weighted by molar-refractivity contribution is -0.114.